The number of fused-ring (bicyclic) bond motifs is 1. The molecule has 0 aliphatic rings. The molecule has 1 amide bonds. The standard InChI is InChI=1S/C23H21N3O2S/c1-15-11-16(2)21-19(12-15)25-23(29-21)26(14-17-7-6-10-24-13-17)22(27)18-8-4-5-9-20(18)28-3/h4-13H,14H2,1-3H3. The number of ether oxygens (including phenoxy) is 1. The fourth-order valence-electron chi connectivity index (χ4n) is 3.35. The van der Waals surface area contributed by atoms with Crippen LogP contribution in [0.5, 0.6) is 5.75 Å². The van der Waals surface area contributed by atoms with Crippen molar-refractivity contribution in [3.8, 4) is 5.75 Å². The van der Waals surface area contributed by atoms with E-state index in [0.717, 1.165) is 26.9 Å². The first-order valence-corrected chi connectivity index (χ1v) is 10.1. The number of carbonyl (C=O) groups is 1. The molecule has 0 spiro atoms. The maximum Gasteiger partial charge on any atom is 0.264 e. The fourth-order valence-corrected chi connectivity index (χ4v) is 4.36. The third-order valence-corrected chi connectivity index (χ3v) is 5.92. The Morgan fingerprint density at radius 1 is 1.14 bits per heavy atom. The highest BCUT2D eigenvalue weighted by atomic mass is 32.1. The molecule has 2 heterocycles. The van der Waals surface area contributed by atoms with Gasteiger partial charge in [0.05, 0.1) is 29.4 Å². The van der Waals surface area contributed by atoms with Crippen LogP contribution in [0.15, 0.2) is 60.9 Å². The number of aromatic nitrogens is 2. The lowest BCUT2D eigenvalue weighted by molar-refractivity contribution is 0.0982. The second-order valence-electron chi connectivity index (χ2n) is 6.88. The normalized spacial score (nSPS) is 10.9. The summed E-state index contributed by atoms with van der Waals surface area (Å²) in [6.45, 7) is 4.51. The zero-order chi connectivity index (χ0) is 20.4. The highest BCUT2D eigenvalue weighted by Crippen LogP contribution is 2.34. The molecule has 0 radical (unpaired) electrons. The maximum absolute atomic E-state index is 13.6. The van der Waals surface area contributed by atoms with Crippen LogP contribution in [0.3, 0.4) is 0 Å². The molecule has 0 saturated carbocycles. The molecule has 4 aromatic rings. The average molecular weight is 404 g/mol. The van der Waals surface area contributed by atoms with Crippen molar-refractivity contribution in [2.45, 2.75) is 20.4 Å². The monoisotopic (exact) mass is 403 g/mol. The summed E-state index contributed by atoms with van der Waals surface area (Å²) in [6, 6.07) is 15.3. The number of para-hydroxylation sites is 1. The van der Waals surface area contributed by atoms with Crippen molar-refractivity contribution in [2.24, 2.45) is 0 Å². The van der Waals surface area contributed by atoms with E-state index in [-0.39, 0.29) is 5.91 Å². The van der Waals surface area contributed by atoms with Gasteiger partial charge in [0.1, 0.15) is 5.75 Å². The van der Waals surface area contributed by atoms with Gasteiger partial charge in [0, 0.05) is 12.4 Å². The van der Waals surface area contributed by atoms with Gasteiger partial charge in [0.15, 0.2) is 5.13 Å². The van der Waals surface area contributed by atoms with Crippen LogP contribution in [0.25, 0.3) is 10.2 Å². The summed E-state index contributed by atoms with van der Waals surface area (Å²) in [5, 5.41) is 0.661. The van der Waals surface area contributed by atoms with Gasteiger partial charge in [-0.15, -0.1) is 0 Å². The predicted molar refractivity (Wildman–Crippen MR) is 117 cm³/mol. The zero-order valence-corrected chi connectivity index (χ0v) is 17.4. The number of amides is 1. The number of nitrogens with zero attached hydrogens (tertiary/aromatic N) is 3. The smallest absolute Gasteiger partial charge is 0.264 e. The minimum atomic E-state index is -0.153. The van der Waals surface area contributed by atoms with Crippen LogP contribution in [0.2, 0.25) is 0 Å². The molecule has 2 aromatic heterocycles. The Labute approximate surface area is 173 Å². The largest absolute Gasteiger partial charge is 0.496 e. The summed E-state index contributed by atoms with van der Waals surface area (Å²) in [5.74, 6) is 0.390. The third-order valence-electron chi connectivity index (χ3n) is 4.69. The van der Waals surface area contributed by atoms with E-state index < -0.39 is 0 Å². The van der Waals surface area contributed by atoms with Gasteiger partial charge in [-0.3, -0.25) is 14.7 Å². The minimum absolute atomic E-state index is 0.153. The lowest BCUT2D eigenvalue weighted by atomic mass is 10.1. The first-order chi connectivity index (χ1) is 14.1. The lowest BCUT2D eigenvalue weighted by Gasteiger charge is -2.21. The molecule has 4 rings (SSSR count). The Balaban J connectivity index is 1.82. The van der Waals surface area contributed by atoms with E-state index >= 15 is 0 Å². The summed E-state index contributed by atoms with van der Waals surface area (Å²) in [6.07, 6.45) is 3.49. The van der Waals surface area contributed by atoms with E-state index in [9.17, 15) is 4.79 Å². The van der Waals surface area contributed by atoms with E-state index in [0.29, 0.717) is 23.0 Å². The topological polar surface area (TPSA) is 55.3 Å². The van der Waals surface area contributed by atoms with Gasteiger partial charge in [-0.1, -0.05) is 35.6 Å². The molecule has 0 unspecified atom stereocenters. The van der Waals surface area contributed by atoms with Crippen molar-refractivity contribution in [2.75, 3.05) is 12.0 Å². The first kappa shape index (κ1) is 19.1. The number of hydrogen-bond donors (Lipinski definition) is 0. The molecule has 0 atom stereocenters. The second kappa shape index (κ2) is 8.01. The highest BCUT2D eigenvalue weighted by molar-refractivity contribution is 7.22. The summed E-state index contributed by atoms with van der Waals surface area (Å²) in [5.41, 5.74) is 4.66. The molecule has 2 aromatic carbocycles. The Kier molecular flexibility index (Phi) is 5.27. The number of anilines is 1. The van der Waals surface area contributed by atoms with Crippen LogP contribution in [0.4, 0.5) is 5.13 Å². The number of pyridine rings is 1. The Morgan fingerprint density at radius 3 is 2.72 bits per heavy atom. The fraction of sp³-hybridized carbons (Fsp3) is 0.174. The van der Waals surface area contributed by atoms with Crippen molar-refractivity contribution in [3.05, 3.63) is 83.2 Å². The number of rotatable bonds is 5. The van der Waals surface area contributed by atoms with Gasteiger partial charge in [-0.2, -0.15) is 0 Å². The van der Waals surface area contributed by atoms with Crippen LogP contribution in [-0.4, -0.2) is 23.0 Å². The predicted octanol–water partition coefficient (Wildman–Crippen LogP) is 5.16. The molecule has 0 saturated heterocycles. The number of methoxy groups -OCH3 is 1. The molecule has 0 N–H and O–H groups in total. The van der Waals surface area contributed by atoms with E-state index in [1.165, 1.54) is 11.3 Å². The van der Waals surface area contributed by atoms with Crippen molar-refractivity contribution in [3.63, 3.8) is 0 Å². The highest BCUT2D eigenvalue weighted by Gasteiger charge is 2.24. The maximum atomic E-state index is 13.6. The number of aryl methyl sites for hydroxylation is 2. The van der Waals surface area contributed by atoms with Crippen LogP contribution in [-0.2, 0) is 6.54 Å². The zero-order valence-electron chi connectivity index (χ0n) is 16.5. The van der Waals surface area contributed by atoms with Gasteiger partial charge >= 0.3 is 0 Å². The van der Waals surface area contributed by atoms with Gasteiger partial charge < -0.3 is 4.74 Å². The molecule has 29 heavy (non-hydrogen) atoms. The summed E-state index contributed by atoms with van der Waals surface area (Å²) in [7, 11) is 1.57. The lowest BCUT2D eigenvalue weighted by Crippen LogP contribution is -2.30. The van der Waals surface area contributed by atoms with Gasteiger partial charge in [0.25, 0.3) is 5.91 Å². The van der Waals surface area contributed by atoms with E-state index in [2.05, 4.69) is 31.0 Å². The van der Waals surface area contributed by atoms with E-state index in [1.54, 1.807) is 36.5 Å². The Bertz CT molecular complexity index is 1170. The van der Waals surface area contributed by atoms with Crippen molar-refractivity contribution >= 4 is 32.6 Å². The second-order valence-corrected chi connectivity index (χ2v) is 7.86. The molecule has 146 valence electrons. The molecular weight excluding hydrogens is 382 g/mol. The summed E-state index contributed by atoms with van der Waals surface area (Å²) in [4.78, 5) is 24.2. The van der Waals surface area contributed by atoms with Crippen LogP contribution < -0.4 is 9.64 Å². The molecule has 0 aliphatic heterocycles. The van der Waals surface area contributed by atoms with Crippen LogP contribution in [0, 0.1) is 13.8 Å². The summed E-state index contributed by atoms with van der Waals surface area (Å²) < 4.78 is 6.51. The van der Waals surface area contributed by atoms with Crippen molar-refractivity contribution < 1.29 is 9.53 Å². The molecule has 5 nitrogen and oxygen atoms in total. The quantitative estimate of drug-likeness (QED) is 0.462. The Hall–Kier alpha value is -3.25. The van der Waals surface area contributed by atoms with Crippen LogP contribution in [0.1, 0.15) is 27.0 Å². The number of hydrogen-bond acceptors (Lipinski definition) is 5. The SMILES string of the molecule is COc1ccccc1C(=O)N(Cc1cccnc1)c1nc2cc(C)cc(C)c2s1. The van der Waals surface area contributed by atoms with Crippen LogP contribution >= 0.6 is 11.3 Å². The molecule has 0 aliphatic carbocycles. The summed E-state index contributed by atoms with van der Waals surface area (Å²) >= 11 is 1.53. The Morgan fingerprint density at radius 2 is 1.97 bits per heavy atom. The van der Waals surface area contributed by atoms with E-state index in [4.69, 9.17) is 9.72 Å². The van der Waals surface area contributed by atoms with Crippen molar-refractivity contribution in [1.29, 1.82) is 0 Å². The number of carbonyl (C=O) groups excluding carboxylic acids is 1. The minimum Gasteiger partial charge on any atom is -0.496 e. The van der Waals surface area contributed by atoms with Crippen molar-refractivity contribution in [1.82, 2.24) is 9.97 Å². The number of benzene rings is 2. The average Bonchev–Trinajstić information content (AvgIpc) is 3.16. The number of thiazole rings is 1. The molecular formula is C23H21N3O2S. The molecule has 6 heteroatoms. The first-order valence-electron chi connectivity index (χ1n) is 9.28. The third kappa shape index (κ3) is 3.84. The molecule has 0 bridgehead atoms. The van der Waals surface area contributed by atoms with Gasteiger partial charge in [-0.25, -0.2) is 4.98 Å². The van der Waals surface area contributed by atoms with Gasteiger partial charge in [-0.05, 0) is 54.8 Å². The molecule has 0 fully saturated rings. The van der Waals surface area contributed by atoms with Gasteiger partial charge in [0.2, 0.25) is 0 Å². The van der Waals surface area contributed by atoms with E-state index in [1.807, 2.05) is 24.3 Å².